The van der Waals surface area contributed by atoms with Gasteiger partial charge in [0.05, 0.1) is 17.4 Å². The molecule has 1 fully saturated rings. The smallest absolute Gasteiger partial charge is 0.310 e. The monoisotopic (exact) mass is 297 g/mol. The van der Waals surface area contributed by atoms with Gasteiger partial charge in [0.15, 0.2) is 0 Å². The molecule has 0 heterocycles. The molecule has 1 aromatic carbocycles. The molecule has 0 radical (unpaired) electrons. The summed E-state index contributed by atoms with van der Waals surface area (Å²) < 4.78 is 32.1. The van der Waals surface area contributed by atoms with E-state index in [-0.39, 0.29) is 22.8 Å². The van der Waals surface area contributed by atoms with Crippen LogP contribution in [0.2, 0.25) is 0 Å². The van der Waals surface area contributed by atoms with E-state index in [4.69, 9.17) is 4.74 Å². The van der Waals surface area contributed by atoms with Crippen LogP contribution in [-0.2, 0) is 19.6 Å². The highest BCUT2D eigenvalue weighted by Gasteiger charge is 2.36. The van der Waals surface area contributed by atoms with Crippen molar-refractivity contribution < 1.29 is 17.9 Å². The van der Waals surface area contributed by atoms with Crippen molar-refractivity contribution in [1.82, 2.24) is 4.72 Å². The van der Waals surface area contributed by atoms with E-state index in [2.05, 4.69) is 4.72 Å². The Morgan fingerprint density at radius 3 is 2.65 bits per heavy atom. The maximum Gasteiger partial charge on any atom is 0.310 e. The van der Waals surface area contributed by atoms with Crippen LogP contribution in [0, 0.1) is 5.92 Å². The molecule has 1 aliphatic rings. The van der Waals surface area contributed by atoms with Gasteiger partial charge in [-0.05, 0) is 31.9 Å². The first-order valence-corrected chi connectivity index (χ1v) is 8.27. The first kappa shape index (κ1) is 15.0. The van der Waals surface area contributed by atoms with E-state index in [1.54, 1.807) is 25.1 Å². The molecule has 0 amide bonds. The number of carbonyl (C=O) groups excluding carboxylic acids is 1. The predicted molar refractivity (Wildman–Crippen MR) is 74.5 cm³/mol. The Hall–Kier alpha value is -1.40. The maximum atomic E-state index is 12.3. The summed E-state index contributed by atoms with van der Waals surface area (Å²) in [5, 5.41) is 0. The second kappa shape index (κ2) is 6.37. The van der Waals surface area contributed by atoms with E-state index in [0.29, 0.717) is 19.4 Å². The molecule has 5 nitrogen and oxygen atoms in total. The van der Waals surface area contributed by atoms with Gasteiger partial charge in [0, 0.05) is 6.04 Å². The van der Waals surface area contributed by atoms with E-state index < -0.39 is 10.0 Å². The van der Waals surface area contributed by atoms with Crippen LogP contribution in [0.25, 0.3) is 0 Å². The van der Waals surface area contributed by atoms with Gasteiger partial charge in [0.1, 0.15) is 0 Å². The van der Waals surface area contributed by atoms with Crippen LogP contribution in [0.4, 0.5) is 0 Å². The van der Waals surface area contributed by atoms with Crippen molar-refractivity contribution in [3.63, 3.8) is 0 Å². The first-order valence-electron chi connectivity index (χ1n) is 6.78. The minimum absolute atomic E-state index is 0.217. The van der Waals surface area contributed by atoms with Crippen molar-refractivity contribution in [3.05, 3.63) is 30.3 Å². The van der Waals surface area contributed by atoms with Crippen LogP contribution in [0.3, 0.4) is 0 Å². The lowest BCUT2D eigenvalue weighted by molar-refractivity contribution is -0.148. The van der Waals surface area contributed by atoms with Gasteiger partial charge in [-0.25, -0.2) is 13.1 Å². The minimum Gasteiger partial charge on any atom is -0.466 e. The molecule has 0 aromatic heterocycles. The SMILES string of the molecule is CCOC(=O)[C@H]1CCC[C@H]1NS(=O)(=O)c1ccccc1. The fraction of sp³-hybridized carbons (Fsp3) is 0.500. The molecule has 1 aliphatic carbocycles. The Balaban J connectivity index is 2.11. The van der Waals surface area contributed by atoms with E-state index in [9.17, 15) is 13.2 Å². The quantitative estimate of drug-likeness (QED) is 0.840. The highest BCUT2D eigenvalue weighted by molar-refractivity contribution is 7.89. The molecule has 1 N–H and O–H groups in total. The van der Waals surface area contributed by atoms with Crippen molar-refractivity contribution in [3.8, 4) is 0 Å². The highest BCUT2D eigenvalue weighted by atomic mass is 32.2. The van der Waals surface area contributed by atoms with Crippen molar-refractivity contribution in [2.45, 2.75) is 37.1 Å². The molecule has 20 heavy (non-hydrogen) atoms. The van der Waals surface area contributed by atoms with Gasteiger partial charge in [-0.1, -0.05) is 24.6 Å². The number of esters is 1. The van der Waals surface area contributed by atoms with Gasteiger partial charge < -0.3 is 4.74 Å². The summed E-state index contributed by atoms with van der Waals surface area (Å²) in [6.07, 6.45) is 2.15. The molecule has 2 atom stereocenters. The third kappa shape index (κ3) is 3.37. The van der Waals surface area contributed by atoms with E-state index >= 15 is 0 Å². The van der Waals surface area contributed by atoms with Crippen LogP contribution in [-0.4, -0.2) is 27.0 Å². The summed E-state index contributed by atoms with van der Waals surface area (Å²) in [7, 11) is -3.58. The van der Waals surface area contributed by atoms with E-state index in [1.807, 2.05) is 0 Å². The lowest BCUT2D eigenvalue weighted by atomic mass is 10.1. The van der Waals surface area contributed by atoms with Crippen molar-refractivity contribution in [2.75, 3.05) is 6.61 Å². The summed E-state index contributed by atoms with van der Waals surface area (Å²) in [6.45, 7) is 2.06. The molecule has 0 saturated heterocycles. The fourth-order valence-electron chi connectivity index (χ4n) is 2.50. The minimum atomic E-state index is -3.58. The molecular weight excluding hydrogens is 278 g/mol. The van der Waals surface area contributed by atoms with Crippen molar-refractivity contribution in [2.24, 2.45) is 5.92 Å². The summed E-state index contributed by atoms with van der Waals surface area (Å²) in [5.41, 5.74) is 0. The Kier molecular flexibility index (Phi) is 4.77. The van der Waals surface area contributed by atoms with Gasteiger partial charge >= 0.3 is 5.97 Å². The van der Waals surface area contributed by atoms with Crippen LogP contribution < -0.4 is 4.72 Å². The topological polar surface area (TPSA) is 72.5 Å². The normalized spacial score (nSPS) is 22.6. The zero-order valence-electron chi connectivity index (χ0n) is 11.4. The van der Waals surface area contributed by atoms with Gasteiger partial charge in [-0.3, -0.25) is 4.79 Å². The summed E-state index contributed by atoms with van der Waals surface area (Å²) >= 11 is 0. The average molecular weight is 297 g/mol. The molecule has 1 saturated carbocycles. The van der Waals surface area contributed by atoms with Crippen LogP contribution in [0.5, 0.6) is 0 Å². The molecule has 0 unspecified atom stereocenters. The third-order valence-electron chi connectivity index (χ3n) is 3.47. The number of rotatable bonds is 5. The van der Waals surface area contributed by atoms with Crippen molar-refractivity contribution in [1.29, 1.82) is 0 Å². The average Bonchev–Trinajstić information content (AvgIpc) is 2.87. The number of carbonyl (C=O) groups is 1. The lowest BCUT2D eigenvalue weighted by Gasteiger charge is -2.19. The number of nitrogens with one attached hydrogen (secondary N) is 1. The number of hydrogen-bond donors (Lipinski definition) is 1. The van der Waals surface area contributed by atoms with Crippen LogP contribution >= 0.6 is 0 Å². The Bertz CT molecular complexity index is 556. The van der Waals surface area contributed by atoms with Gasteiger partial charge in [0.25, 0.3) is 0 Å². The number of hydrogen-bond acceptors (Lipinski definition) is 4. The zero-order valence-corrected chi connectivity index (χ0v) is 12.2. The Morgan fingerprint density at radius 2 is 2.00 bits per heavy atom. The molecule has 0 spiro atoms. The number of benzene rings is 1. The molecule has 110 valence electrons. The third-order valence-corrected chi connectivity index (χ3v) is 4.97. The van der Waals surface area contributed by atoms with E-state index in [0.717, 1.165) is 6.42 Å². The van der Waals surface area contributed by atoms with Crippen LogP contribution in [0.1, 0.15) is 26.2 Å². The summed E-state index contributed by atoms with van der Waals surface area (Å²) in [4.78, 5) is 12.0. The second-order valence-corrected chi connectivity index (χ2v) is 6.54. The van der Waals surface area contributed by atoms with Gasteiger partial charge in [0.2, 0.25) is 10.0 Å². The second-order valence-electron chi connectivity index (χ2n) is 4.83. The van der Waals surface area contributed by atoms with Gasteiger partial charge in [-0.15, -0.1) is 0 Å². The fourth-order valence-corrected chi connectivity index (χ4v) is 3.83. The summed E-state index contributed by atoms with van der Waals surface area (Å²) in [6, 6.07) is 7.81. The molecule has 2 rings (SSSR count). The Morgan fingerprint density at radius 1 is 1.30 bits per heavy atom. The molecular formula is C14H19NO4S. The number of sulfonamides is 1. The van der Waals surface area contributed by atoms with Gasteiger partial charge in [-0.2, -0.15) is 0 Å². The highest BCUT2D eigenvalue weighted by Crippen LogP contribution is 2.28. The predicted octanol–water partition coefficient (Wildman–Crippen LogP) is 1.70. The number of ether oxygens (including phenoxy) is 1. The summed E-state index contributed by atoms with van der Waals surface area (Å²) in [5.74, 6) is -0.695. The molecule has 6 heteroatoms. The molecule has 0 aliphatic heterocycles. The lowest BCUT2D eigenvalue weighted by Crippen LogP contribution is -2.40. The molecule has 0 bridgehead atoms. The largest absolute Gasteiger partial charge is 0.466 e. The standard InChI is InChI=1S/C14H19NO4S/c1-2-19-14(16)12-9-6-10-13(12)15-20(17,18)11-7-4-3-5-8-11/h3-5,7-8,12-13,15H,2,6,9-10H2,1H3/t12-,13+/m0/s1. The zero-order chi connectivity index (χ0) is 14.6. The van der Waals surface area contributed by atoms with Crippen molar-refractivity contribution >= 4 is 16.0 Å². The van der Waals surface area contributed by atoms with E-state index in [1.165, 1.54) is 12.1 Å². The first-order chi connectivity index (χ1) is 9.54. The van der Waals surface area contributed by atoms with Crippen LogP contribution in [0.15, 0.2) is 35.2 Å². The molecule has 1 aromatic rings. The Labute approximate surface area is 119 Å². The maximum absolute atomic E-state index is 12.3.